The first kappa shape index (κ1) is 32.8. The number of thioether (sulfide) groups is 1. The molecule has 3 aromatic carbocycles. The summed E-state index contributed by atoms with van der Waals surface area (Å²) in [5, 5.41) is 3.34. The highest BCUT2D eigenvalue weighted by Gasteiger charge is 2.63. The van der Waals surface area contributed by atoms with Gasteiger partial charge in [-0.3, -0.25) is 14.9 Å². The summed E-state index contributed by atoms with van der Waals surface area (Å²) in [5.41, 5.74) is -2.16. The minimum atomic E-state index is -4.59. The molecule has 0 amide bonds. The monoisotopic (exact) mass is 647 g/mol. The van der Waals surface area contributed by atoms with Gasteiger partial charge >= 0.3 is 18.3 Å². The number of ketones is 1. The molecular weight excluding hydrogens is 616 g/mol. The lowest BCUT2D eigenvalue weighted by Gasteiger charge is -2.42. The number of halogens is 6. The minimum absolute atomic E-state index is 0.230. The van der Waals surface area contributed by atoms with Crippen LogP contribution in [-0.2, 0) is 26.7 Å². The Labute approximate surface area is 261 Å². The summed E-state index contributed by atoms with van der Waals surface area (Å²) in [6, 6.07) is 16.1. The molecule has 11 heteroatoms. The fraction of sp³-hybridized carbons (Fsp3) is 0.353. The molecule has 2 heterocycles. The number of rotatable bonds is 4. The van der Waals surface area contributed by atoms with Gasteiger partial charge in [-0.15, -0.1) is 0 Å². The van der Waals surface area contributed by atoms with Crippen molar-refractivity contribution >= 4 is 29.6 Å². The van der Waals surface area contributed by atoms with E-state index in [4.69, 9.17) is 4.74 Å². The van der Waals surface area contributed by atoms with Crippen molar-refractivity contribution in [2.24, 2.45) is 5.41 Å². The summed E-state index contributed by atoms with van der Waals surface area (Å²) in [6.07, 6.45) is -7.56. The molecule has 0 radical (unpaired) electrons. The van der Waals surface area contributed by atoms with Crippen LogP contribution in [-0.4, -0.2) is 34.9 Å². The molecule has 2 aliphatic heterocycles. The van der Waals surface area contributed by atoms with Crippen molar-refractivity contribution in [2.45, 2.75) is 56.7 Å². The van der Waals surface area contributed by atoms with Crippen LogP contribution < -0.4 is 5.32 Å². The summed E-state index contributed by atoms with van der Waals surface area (Å²) >= 11 is 1.42. The first-order valence-corrected chi connectivity index (χ1v) is 15.4. The number of ether oxygens (including phenoxy) is 1. The molecule has 4 nitrogen and oxygen atoms in total. The average Bonchev–Trinajstić information content (AvgIpc) is 3.30. The maximum atomic E-state index is 14.8. The van der Waals surface area contributed by atoms with Crippen LogP contribution in [0, 0.1) is 5.41 Å². The van der Waals surface area contributed by atoms with Crippen LogP contribution in [0.15, 0.2) is 84.4 Å². The lowest BCUT2D eigenvalue weighted by molar-refractivity contribution is -0.157. The second kappa shape index (κ2) is 12.0. The van der Waals surface area contributed by atoms with Crippen molar-refractivity contribution < 1.29 is 40.7 Å². The second-order valence-electron chi connectivity index (χ2n) is 12.3. The number of carbonyl (C=O) groups is 2. The highest BCUT2D eigenvalue weighted by Crippen LogP contribution is 2.58. The Balaban J connectivity index is 1.67. The summed E-state index contributed by atoms with van der Waals surface area (Å²) in [6.45, 7) is 5.10. The molecule has 3 aromatic rings. The summed E-state index contributed by atoms with van der Waals surface area (Å²) < 4.78 is 85.8. The quantitative estimate of drug-likeness (QED) is 0.176. The Kier molecular flexibility index (Phi) is 8.74. The molecule has 4 unspecified atom stereocenters. The molecule has 238 valence electrons. The molecule has 0 aliphatic carbocycles. The minimum Gasteiger partial charge on any atom is -0.459 e. The van der Waals surface area contributed by atoms with Gasteiger partial charge in [-0.25, -0.2) is 0 Å². The molecule has 2 saturated heterocycles. The fourth-order valence-corrected chi connectivity index (χ4v) is 7.51. The normalized spacial score (nSPS) is 25.1. The maximum absolute atomic E-state index is 14.8. The SMILES string of the molecule is CC(C)(C)OC(=O)C1NC(c2ccccc2)C2(CSC/C(=C\c3ccc(C(F)(F)F)cc3)C2=O)C1c1ccc(C(F)(F)F)cc1. The van der Waals surface area contributed by atoms with Gasteiger partial charge in [0.25, 0.3) is 0 Å². The predicted molar refractivity (Wildman–Crippen MR) is 160 cm³/mol. The highest BCUT2D eigenvalue weighted by molar-refractivity contribution is 7.99. The highest BCUT2D eigenvalue weighted by atomic mass is 32.2. The number of hydrogen-bond donors (Lipinski definition) is 1. The Morgan fingerprint density at radius 2 is 1.40 bits per heavy atom. The van der Waals surface area contributed by atoms with Gasteiger partial charge in [0.2, 0.25) is 0 Å². The van der Waals surface area contributed by atoms with E-state index in [-0.39, 0.29) is 17.3 Å². The molecule has 5 rings (SSSR count). The Morgan fingerprint density at radius 3 is 1.93 bits per heavy atom. The van der Waals surface area contributed by atoms with Crippen LogP contribution in [0.5, 0.6) is 0 Å². The van der Waals surface area contributed by atoms with Crippen molar-refractivity contribution in [2.75, 3.05) is 11.5 Å². The van der Waals surface area contributed by atoms with E-state index < -0.39 is 58.5 Å². The van der Waals surface area contributed by atoms with Gasteiger partial charge in [0.15, 0.2) is 5.78 Å². The Hall–Kier alpha value is -3.57. The van der Waals surface area contributed by atoms with Gasteiger partial charge in [0.05, 0.1) is 16.5 Å². The fourth-order valence-electron chi connectivity index (χ4n) is 6.16. The van der Waals surface area contributed by atoms with E-state index in [2.05, 4.69) is 5.32 Å². The number of alkyl halides is 6. The molecule has 2 aliphatic rings. The van der Waals surface area contributed by atoms with Crippen LogP contribution in [0.4, 0.5) is 26.3 Å². The number of hydrogen-bond acceptors (Lipinski definition) is 5. The third kappa shape index (κ3) is 6.70. The van der Waals surface area contributed by atoms with E-state index in [0.29, 0.717) is 22.3 Å². The second-order valence-corrected chi connectivity index (χ2v) is 13.3. The van der Waals surface area contributed by atoms with Crippen LogP contribution in [0.1, 0.15) is 60.5 Å². The van der Waals surface area contributed by atoms with Crippen LogP contribution in [0.2, 0.25) is 0 Å². The smallest absolute Gasteiger partial charge is 0.416 e. The summed E-state index contributed by atoms with van der Waals surface area (Å²) in [5.74, 6) is -1.43. The molecule has 4 atom stereocenters. The van der Waals surface area contributed by atoms with Gasteiger partial charge in [-0.1, -0.05) is 54.6 Å². The van der Waals surface area contributed by atoms with Crippen LogP contribution in [0.3, 0.4) is 0 Å². The van der Waals surface area contributed by atoms with Crippen molar-refractivity contribution in [1.29, 1.82) is 0 Å². The van der Waals surface area contributed by atoms with Crippen molar-refractivity contribution in [3.05, 3.63) is 112 Å². The third-order valence-electron chi connectivity index (χ3n) is 8.03. The number of carbonyl (C=O) groups excluding carboxylic acids is 2. The Bertz CT molecular complexity index is 1580. The van der Waals surface area contributed by atoms with E-state index in [1.165, 1.54) is 36.0 Å². The number of nitrogens with one attached hydrogen (secondary N) is 1. The van der Waals surface area contributed by atoms with Gasteiger partial charge in [0.1, 0.15) is 11.6 Å². The molecule has 0 saturated carbocycles. The maximum Gasteiger partial charge on any atom is 0.416 e. The van der Waals surface area contributed by atoms with Gasteiger partial charge in [0, 0.05) is 29.0 Å². The topological polar surface area (TPSA) is 55.4 Å². The molecule has 2 fully saturated rings. The van der Waals surface area contributed by atoms with E-state index >= 15 is 0 Å². The van der Waals surface area contributed by atoms with Crippen molar-refractivity contribution in [3.8, 4) is 0 Å². The molecular formula is C34H31F6NO3S. The molecule has 0 aromatic heterocycles. The largest absolute Gasteiger partial charge is 0.459 e. The summed E-state index contributed by atoms with van der Waals surface area (Å²) in [4.78, 5) is 28.6. The zero-order valence-corrected chi connectivity index (χ0v) is 25.4. The van der Waals surface area contributed by atoms with Crippen LogP contribution >= 0.6 is 11.8 Å². The van der Waals surface area contributed by atoms with Gasteiger partial charge in [-0.05, 0) is 67.8 Å². The third-order valence-corrected chi connectivity index (χ3v) is 9.23. The van der Waals surface area contributed by atoms with Crippen molar-refractivity contribution in [1.82, 2.24) is 5.32 Å². The van der Waals surface area contributed by atoms with E-state index in [9.17, 15) is 35.9 Å². The number of benzene rings is 3. The zero-order chi connectivity index (χ0) is 32.8. The standard InChI is InChI=1S/C34H31F6NO3S/c1-31(2,3)44-30(43)27-26(21-11-15-25(16-12-21)34(38,39)40)32(28(41-27)22-7-5-4-6-8-22)19-45-18-23(29(32)42)17-20-9-13-24(14-10-20)33(35,36)37/h4-17,26-28,41H,18-19H2,1-3H3/b23-17+. The Morgan fingerprint density at radius 1 is 0.844 bits per heavy atom. The number of Topliss-reactive ketones (excluding diaryl/α,β-unsaturated/α-hetero) is 1. The lowest BCUT2D eigenvalue weighted by atomic mass is 9.64. The molecule has 1 spiro atoms. The first-order valence-electron chi connectivity index (χ1n) is 14.2. The molecule has 1 N–H and O–H groups in total. The molecule has 45 heavy (non-hydrogen) atoms. The predicted octanol–water partition coefficient (Wildman–Crippen LogP) is 8.25. The van der Waals surface area contributed by atoms with Gasteiger partial charge in [-0.2, -0.15) is 38.1 Å². The van der Waals surface area contributed by atoms with Gasteiger partial charge < -0.3 is 4.74 Å². The van der Waals surface area contributed by atoms with E-state index in [0.717, 1.165) is 24.3 Å². The van der Waals surface area contributed by atoms with Crippen molar-refractivity contribution in [3.63, 3.8) is 0 Å². The number of esters is 1. The average molecular weight is 648 g/mol. The zero-order valence-electron chi connectivity index (χ0n) is 24.6. The first-order chi connectivity index (χ1) is 21.0. The van der Waals surface area contributed by atoms with E-state index in [1.807, 2.05) is 12.1 Å². The summed E-state index contributed by atoms with van der Waals surface area (Å²) in [7, 11) is 0. The van der Waals surface area contributed by atoms with E-state index in [1.54, 1.807) is 45.0 Å². The molecule has 0 bridgehead atoms. The lowest BCUT2D eigenvalue weighted by Crippen LogP contribution is -2.47. The van der Waals surface area contributed by atoms with Crippen LogP contribution in [0.25, 0.3) is 6.08 Å².